The first kappa shape index (κ1) is 20.4. The lowest BCUT2D eigenvalue weighted by atomic mass is 9.67. The van der Waals surface area contributed by atoms with E-state index >= 15 is 0 Å². The minimum Gasteiger partial charge on any atom is -0.496 e. The average molecular weight is 421 g/mol. The Morgan fingerprint density at radius 1 is 0.562 bits per heavy atom. The van der Waals surface area contributed by atoms with E-state index in [9.17, 15) is 0 Å². The van der Waals surface area contributed by atoms with Crippen LogP contribution in [0.5, 0.6) is 11.5 Å². The highest BCUT2D eigenvalue weighted by Gasteiger charge is 2.54. The zero-order valence-corrected chi connectivity index (χ0v) is 18.8. The monoisotopic (exact) mass is 420 g/mol. The normalized spacial score (nSPS) is 21.7. The van der Waals surface area contributed by atoms with E-state index < -0.39 is 0 Å². The van der Waals surface area contributed by atoms with Crippen LogP contribution in [-0.4, -0.2) is 14.2 Å². The predicted octanol–water partition coefficient (Wildman–Crippen LogP) is 6.75. The van der Waals surface area contributed by atoms with E-state index in [4.69, 9.17) is 9.47 Å². The van der Waals surface area contributed by atoms with Crippen LogP contribution >= 0.6 is 0 Å². The highest BCUT2D eigenvalue weighted by atomic mass is 16.5. The van der Waals surface area contributed by atoms with Gasteiger partial charge in [-0.15, -0.1) is 0 Å². The molecular weight excluding hydrogens is 392 g/mol. The van der Waals surface area contributed by atoms with Crippen LogP contribution in [0.4, 0.5) is 0 Å². The molecule has 0 fully saturated rings. The zero-order chi connectivity index (χ0) is 22.2. The Morgan fingerprint density at radius 2 is 1.09 bits per heavy atom. The van der Waals surface area contributed by atoms with Crippen molar-refractivity contribution in [2.45, 2.75) is 24.2 Å². The van der Waals surface area contributed by atoms with Crippen LogP contribution in [0.15, 0.2) is 103 Å². The van der Waals surface area contributed by atoms with Gasteiger partial charge in [-0.3, -0.25) is 0 Å². The summed E-state index contributed by atoms with van der Waals surface area (Å²) in [6.07, 6.45) is 0.879. The van der Waals surface area contributed by atoms with Gasteiger partial charge in [0, 0.05) is 16.5 Å². The first-order valence-corrected chi connectivity index (χ1v) is 11.1. The molecular formula is C30H28O2. The lowest BCUT2D eigenvalue weighted by molar-refractivity contribution is 0.386. The number of hydrogen-bond donors (Lipinski definition) is 0. The molecule has 0 heterocycles. The second kappa shape index (κ2) is 7.87. The Bertz CT molecular complexity index is 1230. The van der Waals surface area contributed by atoms with Gasteiger partial charge in [-0.1, -0.05) is 97.9 Å². The minimum atomic E-state index is -0.373. The molecule has 1 aliphatic rings. The summed E-state index contributed by atoms with van der Waals surface area (Å²) >= 11 is 0. The van der Waals surface area contributed by atoms with Crippen molar-refractivity contribution in [2.75, 3.05) is 14.2 Å². The summed E-state index contributed by atoms with van der Waals surface area (Å²) in [5, 5.41) is 0. The molecule has 160 valence electrons. The minimum absolute atomic E-state index is 0.236. The van der Waals surface area contributed by atoms with Crippen molar-refractivity contribution in [3.8, 4) is 11.5 Å². The Morgan fingerprint density at radius 3 is 1.75 bits per heavy atom. The van der Waals surface area contributed by atoms with Crippen LogP contribution in [0.1, 0.15) is 41.2 Å². The number of rotatable bonds is 5. The maximum absolute atomic E-state index is 5.96. The first-order chi connectivity index (χ1) is 15.6. The van der Waals surface area contributed by atoms with Gasteiger partial charge in [-0.05, 0) is 35.2 Å². The average Bonchev–Trinajstić information content (AvgIpc) is 3.16. The van der Waals surface area contributed by atoms with Crippen LogP contribution < -0.4 is 9.47 Å². The molecule has 0 amide bonds. The molecule has 0 aromatic heterocycles. The maximum Gasteiger partial charge on any atom is 0.123 e. The van der Waals surface area contributed by atoms with Gasteiger partial charge in [-0.25, -0.2) is 0 Å². The van der Waals surface area contributed by atoms with E-state index in [0.717, 1.165) is 17.9 Å². The maximum atomic E-state index is 5.96. The van der Waals surface area contributed by atoms with Crippen molar-refractivity contribution in [1.29, 1.82) is 0 Å². The molecule has 0 unspecified atom stereocenters. The first-order valence-electron chi connectivity index (χ1n) is 11.1. The molecule has 2 nitrogen and oxygen atoms in total. The molecule has 4 aromatic carbocycles. The Hall–Kier alpha value is -3.52. The quantitative estimate of drug-likeness (QED) is 0.356. The second-order valence-corrected chi connectivity index (χ2v) is 8.73. The number of ether oxygens (including phenoxy) is 2. The third kappa shape index (κ3) is 2.86. The molecule has 0 spiro atoms. The van der Waals surface area contributed by atoms with E-state index in [2.05, 4.69) is 104 Å². The van der Waals surface area contributed by atoms with E-state index in [0.29, 0.717) is 0 Å². The molecule has 4 aromatic rings. The summed E-state index contributed by atoms with van der Waals surface area (Å²) in [6.45, 7) is 2.35. The van der Waals surface area contributed by atoms with E-state index in [1.165, 1.54) is 27.8 Å². The van der Waals surface area contributed by atoms with Gasteiger partial charge < -0.3 is 9.47 Å². The van der Waals surface area contributed by atoms with E-state index in [1.807, 2.05) is 6.07 Å². The van der Waals surface area contributed by atoms with Crippen LogP contribution in [-0.2, 0) is 10.8 Å². The SMILES string of the molecule is COc1ccccc1[C@@]1(c2ccccc2)C[C@](C)(c2ccccc2)c2c(OC)cccc21. The van der Waals surface area contributed by atoms with Crippen molar-refractivity contribution in [3.63, 3.8) is 0 Å². The third-order valence-corrected chi connectivity index (χ3v) is 7.12. The summed E-state index contributed by atoms with van der Waals surface area (Å²) in [5.74, 6) is 1.84. The summed E-state index contributed by atoms with van der Waals surface area (Å²) in [5.41, 5.74) is 5.66. The van der Waals surface area contributed by atoms with E-state index in [-0.39, 0.29) is 10.8 Å². The van der Waals surface area contributed by atoms with Gasteiger partial charge in [0.1, 0.15) is 11.5 Å². The van der Waals surface area contributed by atoms with Crippen molar-refractivity contribution >= 4 is 0 Å². The molecule has 32 heavy (non-hydrogen) atoms. The van der Waals surface area contributed by atoms with Gasteiger partial charge in [0.15, 0.2) is 0 Å². The fourth-order valence-corrected chi connectivity index (χ4v) is 5.77. The highest BCUT2D eigenvalue weighted by Crippen LogP contribution is 2.61. The zero-order valence-electron chi connectivity index (χ0n) is 18.8. The lowest BCUT2D eigenvalue weighted by Gasteiger charge is -2.35. The van der Waals surface area contributed by atoms with Crippen molar-refractivity contribution in [1.82, 2.24) is 0 Å². The number of hydrogen-bond acceptors (Lipinski definition) is 2. The molecule has 2 atom stereocenters. The second-order valence-electron chi connectivity index (χ2n) is 8.73. The molecule has 0 saturated carbocycles. The number of para-hydroxylation sites is 1. The standard InChI is InChI=1S/C30H28O2/c1-29(22-13-6-4-7-14-22)21-30(23-15-8-5-9-16-23,24-17-10-11-19-26(24)31-2)25-18-12-20-27(32-3)28(25)29/h4-20H,21H2,1-3H3/t29-,30+/m1/s1. The van der Waals surface area contributed by atoms with E-state index in [1.54, 1.807) is 14.2 Å². The molecule has 0 aliphatic heterocycles. The summed E-state index contributed by atoms with van der Waals surface area (Å²) in [6, 6.07) is 36.5. The van der Waals surface area contributed by atoms with Crippen molar-refractivity contribution < 1.29 is 9.47 Å². The molecule has 1 aliphatic carbocycles. The third-order valence-electron chi connectivity index (χ3n) is 7.12. The Balaban J connectivity index is 1.92. The molecule has 2 heteroatoms. The van der Waals surface area contributed by atoms with Gasteiger partial charge in [0.2, 0.25) is 0 Å². The van der Waals surface area contributed by atoms with Gasteiger partial charge in [0.05, 0.1) is 19.6 Å². The number of fused-ring (bicyclic) bond motifs is 1. The summed E-state index contributed by atoms with van der Waals surface area (Å²) in [4.78, 5) is 0. The molecule has 5 rings (SSSR count). The summed E-state index contributed by atoms with van der Waals surface area (Å²) < 4.78 is 11.9. The molecule has 0 bridgehead atoms. The fraction of sp³-hybridized carbons (Fsp3) is 0.200. The number of benzene rings is 4. The molecule has 0 N–H and O–H groups in total. The van der Waals surface area contributed by atoms with Crippen LogP contribution in [0, 0.1) is 0 Å². The number of methoxy groups -OCH3 is 2. The smallest absolute Gasteiger partial charge is 0.123 e. The van der Waals surface area contributed by atoms with Gasteiger partial charge >= 0.3 is 0 Å². The fourth-order valence-electron chi connectivity index (χ4n) is 5.77. The van der Waals surface area contributed by atoms with Crippen LogP contribution in [0.3, 0.4) is 0 Å². The predicted molar refractivity (Wildman–Crippen MR) is 130 cm³/mol. The summed E-state index contributed by atoms with van der Waals surface area (Å²) in [7, 11) is 3.53. The highest BCUT2D eigenvalue weighted by molar-refractivity contribution is 5.67. The van der Waals surface area contributed by atoms with Crippen LogP contribution in [0.25, 0.3) is 0 Å². The van der Waals surface area contributed by atoms with Gasteiger partial charge in [-0.2, -0.15) is 0 Å². The topological polar surface area (TPSA) is 18.5 Å². The van der Waals surface area contributed by atoms with Crippen molar-refractivity contribution in [3.05, 3.63) is 131 Å². The molecule has 0 radical (unpaired) electrons. The lowest BCUT2D eigenvalue weighted by Crippen LogP contribution is -2.31. The Kier molecular flexibility index (Phi) is 5.01. The van der Waals surface area contributed by atoms with Gasteiger partial charge in [0.25, 0.3) is 0 Å². The van der Waals surface area contributed by atoms with Crippen molar-refractivity contribution in [2.24, 2.45) is 0 Å². The largest absolute Gasteiger partial charge is 0.496 e. The molecule has 0 saturated heterocycles. The van der Waals surface area contributed by atoms with Crippen LogP contribution in [0.2, 0.25) is 0 Å². The Labute approximate surface area is 190 Å².